The number of benzene rings is 3. The van der Waals surface area contributed by atoms with Gasteiger partial charge in [-0.1, -0.05) is 54.6 Å². The van der Waals surface area contributed by atoms with E-state index in [9.17, 15) is 14.0 Å². The van der Waals surface area contributed by atoms with Gasteiger partial charge in [0.1, 0.15) is 11.9 Å². The summed E-state index contributed by atoms with van der Waals surface area (Å²) < 4.78 is 18.6. The smallest absolute Gasteiger partial charge is 0.251 e. The number of hydrogen-bond donors (Lipinski definition) is 2. The summed E-state index contributed by atoms with van der Waals surface area (Å²) >= 11 is 1.65. The van der Waals surface area contributed by atoms with Crippen LogP contribution in [-0.4, -0.2) is 73.2 Å². The first kappa shape index (κ1) is 27.4. The normalized spacial score (nSPS) is 19.4. The fourth-order valence-electron chi connectivity index (χ4n) is 4.88. The maximum absolute atomic E-state index is 13.3. The van der Waals surface area contributed by atoms with Crippen LogP contribution in [0.1, 0.15) is 28.3 Å². The first-order valence-electron chi connectivity index (χ1n) is 13.5. The van der Waals surface area contributed by atoms with Crippen LogP contribution < -0.4 is 10.6 Å². The molecule has 2 aliphatic rings. The minimum Gasteiger partial charge on any atom is -0.378 e. The van der Waals surface area contributed by atoms with E-state index in [0.717, 1.165) is 35.4 Å². The van der Waals surface area contributed by atoms with E-state index >= 15 is 0 Å². The largest absolute Gasteiger partial charge is 0.378 e. The van der Waals surface area contributed by atoms with Crippen LogP contribution in [0.4, 0.5) is 4.39 Å². The highest BCUT2D eigenvalue weighted by molar-refractivity contribution is 7.99. The molecule has 1 saturated carbocycles. The van der Waals surface area contributed by atoms with Gasteiger partial charge in [0, 0.05) is 48.7 Å². The van der Waals surface area contributed by atoms with E-state index in [1.807, 2.05) is 54.6 Å². The average Bonchev–Trinajstić information content (AvgIpc) is 3.77. The lowest BCUT2D eigenvalue weighted by Gasteiger charge is -2.30. The lowest BCUT2D eigenvalue weighted by molar-refractivity contribution is -0.136. The minimum absolute atomic E-state index is 0.0634. The molecule has 3 aromatic carbocycles. The van der Waals surface area contributed by atoms with E-state index in [2.05, 4.69) is 10.6 Å². The zero-order valence-corrected chi connectivity index (χ0v) is 22.7. The van der Waals surface area contributed by atoms with Gasteiger partial charge in [0.05, 0.1) is 13.2 Å². The predicted octanol–water partition coefficient (Wildman–Crippen LogP) is 4.33. The van der Waals surface area contributed by atoms with Crippen molar-refractivity contribution in [3.63, 3.8) is 0 Å². The lowest BCUT2D eigenvalue weighted by Crippen LogP contribution is -2.53. The Bertz CT molecular complexity index is 1230. The number of carbonyl (C=O) groups is 2. The highest BCUT2D eigenvalue weighted by Gasteiger charge is 2.37. The molecular weight excluding hydrogens is 513 g/mol. The molecule has 0 spiro atoms. The number of thioether (sulfide) groups is 1. The highest BCUT2D eigenvalue weighted by atomic mass is 32.2. The molecule has 39 heavy (non-hydrogen) atoms. The van der Waals surface area contributed by atoms with Gasteiger partial charge in [-0.05, 0) is 47.4 Å². The maximum Gasteiger partial charge on any atom is 0.251 e. The third-order valence-corrected chi connectivity index (χ3v) is 8.27. The van der Waals surface area contributed by atoms with Crippen LogP contribution in [0.15, 0.2) is 78.9 Å². The highest BCUT2D eigenvalue weighted by Crippen LogP contribution is 2.40. The molecule has 1 aliphatic heterocycles. The van der Waals surface area contributed by atoms with Crippen molar-refractivity contribution in [1.82, 2.24) is 15.5 Å². The summed E-state index contributed by atoms with van der Waals surface area (Å²) in [6.07, 6.45) is 1.05. The predicted molar refractivity (Wildman–Crippen MR) is 153 cm³/mol. The number of nitrogens with zero attached hydrogens (tertiary/aromatic N) is 1. The molecule has 5 rings (SSSR count). The van der Waals surface area contributed by atoms with Gasteiger partial charge < -0.3 is 20.3 Å². The number of morpholine rings is 1. The van der Waals surface area contributed by atoms with Crippen molar-refractivity contribution in [3.05, 3.63) is 95.8 Å². The van der Waals surface area contributed by atoms with Crippen LogP contribution in [0.3, 0.4) is 0 Å². The van der Waals surface area contributed by atoms with Gasteiger partial charge in [0.15, 0.2) is 0 Å². The SMILES string of the molecule is O=C(N[C@@H](CSCCN[C@@H]1C[C@H]1c1ccc(F)cc1)C(=O)N1CCOCC1)c1ccc(-c2ccccc2)cc1. The van der Waals surface area contributed by atoms with Gasteiger partial charge in [-0.3, -0.25) is 9.59 Å². The summed E-state index contributed by atoms with van der Waals surface area (Å²) in [5, 5.41) is 6.55. The summed E-state index contributed by atoms with van der Waals surface area (Å²) in [5.41, 5.74) is 3.82. The molecule has 0 unspecified atom stereocenters. The molecule has 204 valence electrons. The first-order chi connectivity index (χ1) is 19.1. The monoisotopic (exact) mass is 547 g/mol. The van der Waals surface area contributed by atoms with Gasteiger partial charge in [0.25, 0.3) is 5.91 Å². The summed E-state index contributed by atoms with van der Waals surface area (Å²) in [5.74, 6) is 1.22. The minimum atomic E-state index is -0.609. The van der Waals surface area contributed by atoms with E-state index in [1.165, 1.54) is 12.1 Å². The van der Waals surface area contributed by atoms with Crippen molar-refractivity contribution >= 4 is 23.6 Å². The Morgan fingerprint density at radius 2 is 1.64 bits per heavy atom. The number of nitrogens with one attached hydrogen (secondary N) is 2. The summed E-state index contributed by atoms with van der Waals surface area (Å²) in [6.45, 7) is 2.91. The number of halogens is 1. The van der Waals surface area contributed by atoms with Crippen LogP contribution in [0, 0.1) is 5.82 Å². The number of rotatable bonds is 11. The van der Waals surface area contributed by atoms with Crippen molar-refractivity contribution < 1.29 is 18.7 Å². The topological polar surface area (TPSA) is 70.7 Å². The Kier molecular flexibility index (Phi) is 9.29. The van der Waals surface area contributed by atoms with Crippen molar-refractivity contribution in [2.24, 2.45) is 0 Å². The van der Waals surface area contributed by atoms with Crippen LogP contribution in [0.5, 0.6) is 0 Å². The molecular formula is C31H34FN3O3S. The molecule has 2 N–H and O–H groups in total. The van der Waals surface area contributed by atoms with Crippen LogP contribution in [-0.2, 0) is 9.53 Å². The molecule has 2 amide bonds. The van der Waals surface area contributed by atoms with E-state index in [0.29, 0.717) is 49.6 Å². The zero-order chi connectivity index (χ0) is 27.0. The molecule has 1 heterocycles. The van der Waals surface area contributed by atoms with Crippen molar-refractivity contribution in [1.29, 1.82) is 0 Å². The summed E-state index contributed by atoms with van der Waals surface area (Å²) in [4.78, 5) is 28.2. The van der Waals surface area contributed by atoms with E-state index in [1.54, 1.807) is 28.8 Å². The Morgan fingerprint density at radius 3 is 2.36 bits per heavy atom. The Labute approximate surface area is 233 Å². The fourth-order valence-corrected chi connectivity index (χ4v) is 5.77. The summed E-state index contributed by atoms with van der Waals surface area (Å²) in [7, 11) is 0. The molecule has 0 bridgehead atoms. The van der Waals surface area contributed by atoms with Gasteiger partial charge in [-0.25, -0.2) is 4.39 Å². The lowest BCUT2D eigenvalue weighted by atomic mass is 10.0. The second-order valence-electron chi connectivity index (χ2n) is 9.94. The molecule has 0 aromatic heterocycles. The van der Waals surface area contributed by atoms with Gasteiger partial charge in [-0.2, -0.15) is 11.8 Å². The zero-order valence-electron chi connectivity index (χ0n) is 21.9. The third kappa shape index (κ3) is 7.47. The molecule has 6 nitrogen and oxygen atoms in total. The quantitative estimate of drug-likeness (QED) is 0.350. The third-order valence-electron chi connectivity index (χ3n) is 7.21. The summed E-state index contributed by atoms with van der Waals surface area (Å²) in [6, 6.07) is 24.0. The molecule has 0 radical (unpaired) electrons. The number of amides is 2. The number of ether oxygens (including phenoxy) is 1. The van der Waals surface area contributed by atoms with Gasteiger partial charge in [-0.15, -0.1) is 0 Å². The van der Waals surface area contributed by atoms with Crippen molar-refractivity contribution in [2.75, 3.05) is 44.4 Å². The van der Waals surface area contributed by atoms with Gasteiger partial charge >= 0.3 is 0 Å². The van der Waals surface area contributed by atoms with Crippen LogP contribution in [0.25, 0.3) is 11.1 Å². The first-order valence-corrected chi connectivity index (χ1v) is 14.6. The number of carbonyl (C=O) groups excluding carboxylic acids is 2. The van der Waals surface area contributed by atoms with E-state index in [4.69, 9.17) is 4.74 Å². The molecule has 3 atom stereocenters. The average molecular weight is 548 g/mol. The molecule has 1 saturated heterocycles. The Balaban J connectivity index is 1.13. The van der Waals surface area contributed by atoms with Crippen LogP contribution >= 0.6 is 11.8 Å². The number of hydrogen-bond acceptors (Lipinski definition) is 5. The van der Waals surface area contributed by atoms with E-state index < -0.39 is 6.04 Å². The molecule has 3 aromatic rings. The molecule has 2 fully saturated rings. The van der Waals surface area contributed by atoms with Crippen molar-refractivity contribution in [3.8, 4) is 11.1 Å². The maximum atomic E-state index is 13.3. The van der Waals surface area contributed by atoms with E-state index in [-0.39, 0.29) is 17.6 Å². The molecule has 1 aliphatic carbocycles. The molecule has 8 heteroatoms. The fraction of sp³-hybridized carbons (Fsp3) is 0.355. The van der Waals surface area contributed by atoms with Gasteiger partial charge in [0.2, 0.25) is 5.91 Å². The Morgan fingerprint density at radius 1 is 0.949 bits per heavy atom. The standard InChI is InChI=1S/C31H34FN3O3S/c32-26-12-10-24(11-13-26)27-20-28(27)33-14-19-39-21-29(31(37)35-15-17-38-18-16-35)34-30(36)25-8-6-23(7-9-25)22-4-2-1-3-5-22/h1-13,27-29,33H,14-21H2,(H,34,36)/t27-,28+,29-/m0/s1. The Hall–Kier alpha value is -3.20. The van der Waals surface area contributed by atoms with Crippen molar-refractivity contribution in [2.45, 2.75) is 24.4 Å². The second kappa shape index (κ2) is 13.2. The second-order valence-corrected chi connectivity index (χ2v) is 11.1. The van der Waals surface area contributed by atoms with Crippen LogP contribution in [0.2, 0.25) is 0 Å².